The summed E-state index contributed by atoms with van der Waals surface area (Å²) in [5, 5.41) is 0. The zero-order valence-corrected chi connectivity index (χ0v) is 18.4. The Morgan fingerprint density at radius 1 is 0.333 bits per heavy atom. The van der Waals surface area contributed by atoms with E-state index in [-0.39, 0.29) is 0 Å². The highest BCUT2D eigenvalue weighted by Gasteiger charge is 2.11. The van der Waals surface area contributed by atoms with Crippen molar-refractivity contribution in [3.63, 3.8) is 0 Å². The van der Waals surface area contributed by atoms with Crippen LogP contribution in [0.15, 0.2) is 140 Å². The van der Waals surface area contributed by atoms with Gasteiger partial charge in [0.1, 0.15) is 0 Å². The van der Waals surface area contributed by atoms with Crippen molar-refractivity contribution in [1.29, 1.82) is 0 Å². The van der Waals surface area contributed by atoms with Crippen LogP contribution in [-0.4, -0.2) is 0 Å². The van der Waals surface area contributed by atoms with Crippen molar-refractivity contribution in [3.05, 3.63) is 151 Å². The van der Waals surface area contributed by atoms with E-state index in [1.807, 2.05) is 18.2 Å². The Balaban J connectivity index is 1.36. The molecule has 0 aliphatic carbocycles. The number of nitrogens with zero attached hydrogens (tertiary/aromatic N) is 1. The average molecular weight is 424 g/mol. The summed E-state index contributed by atoms with van der Waals surface area (Å²) in [6.07, 6.45) is 4.33. The van der Waals surface area contributed by atoms with E-state index in [1.165, 1.54) is 22.3 Å². The summed E-state index contributed by atoms with van der Waals surface area (Å²) in [4.78, 5) is 2.27. The fourth-order valence-electron chi connectivity index (χ4n) is 3.95. The van der Waals surface area contributed by atoms with Crippen LogP contribution in [0, 0.1) is 0 Å². The van der Waals surface area contributed by atoms with Crippen molar-refractivity contribution >= 4 is 29.2 Å². The van der Waals surface area contributed by atoms with Gasteiger partial charge >= 0.3 is 0 Å². The van der Waals surface area contributed by atoms with Crippen molar-refractivity contribution in [1.82, 2.24) is 0 Å². The normalized spacial score (nSPS) is 10.9. The highest BCUT2D eigenvalue weighted by molar-refractivity contribution is 5.78. The summed E-state index contributed by atoms with van der Waals surface area (Å²) in [5.74, 6) is 0. The van der Waals surface area contributed by atoms with E-state index in [1.54, 1.807) is 0 Å². The third-order valence-electron chi connectivity index (χ3n) is 5.67. The molecule has 0 amide bonds. The number of benzene rings is 5. The van der Waals surface area contributed by atoms with Gasteiger partial charge in [0.15, 0.2) is 0 Å². The van der Waals surface area contributed by atoms with Crippen molar-refractivity contribution < 1.29 is 0 Å². The van der Waals surface area contributed by atoms with E-state index in [0.717, 1.165) is 17.1 Å². The van der Waals surface area contributed by atoms with Crippen LogP contribution in [0.5, 0.6) is 0 Å². The van der Waals surface area contributed by atoms with Gasteiger partial charge in [-0.15, -0.1) is 0 Å². The highest BCUT2D eigenvalue weighted by atomic mass is 15.1. The smallest absolute Gasteiger partial charge is 0.0462 e. The maximum Gasteiger partial charge on any atom is 0.0462 e. The standard InChI is InChI=1S/C32H25N/c1-4-10-28(11-5-1)29-22-18-26(19-23-29)16-17-27-20-24-32(25-21-27)33(30-12-6-2-7-13-30)31-14-8-3-9-15-31/h1-25H/b17-16+. The summed E-state index contributed by atoms with van der Waals surface area (Å²) >= 11 is 0. The quantitative estimate of drug-likeness (QED) is 0.246. The average Bonchev–Trinajstić information content (AvgIpc) is 2.90. The van der Waals surface area contributed by atoms with Gasteiger partial charge in [-0.2, -0.15) is 0 Å². The summed E-state index contributed by atoms with van der Waals surface area (Å²) in [6, 6.07) is 48.8. The number of hydrogen-bond donors (Lipinski definition) is 0. The Kier molecular flexibility index (Phi) is 6.13. The van der Waals surface area contributed by atoms with Gasteiger partial charge in [0.05, 0.1) is 0 Å². The summed E-state index contributed by atoms with van der Waals surface area (Å²) in [5.41, 5.74) is 8.26. The molecular formula is C32H25N. The van der Waals surface area contributed by atoms with Gasteiger partial charge < -0.3 is 4.90 Å². The van der Waals surface area contributed by atoms with Gasteiger partial charge in [-0.25, -0.2) is 0 Å². The minimum atomic E-state index is 1.14. The molecule has 33 heavy (non-hydrogen) atoms. The lowest BCUT2D eigenvalue weighted by atomic mass is 10.0. The van der Waals surface area contributed by atoms with E-state index >= 15 is 0 Å². The fourth-order valence-corrected chi connectivity index (χ4v) is 3.95. The number of rotatable bonds is 6. The number of para-hydroxylation sites is 2. The molecule has 0 radical (unpaired) electrons. The lowest BCUT2D eigenvalue weighted by molar-refractivity contribution is 1.28. The largest absolute Gasteiger partial charge is 0.311 e. The van der Waals surface area contributed by atoms with Gasteiger partial charge in [-0.05, 0) is 58.7 Å². The molecule has 0 saturated heterocycles. The van der Waals surface area contributed by atoms with Crippen molar-refractivity contribution in [2.75, 3.05) is 4.90 Å². The monoisotopic (exact) mass is 423 g/mol. The van der Waals surface area contributed by atoms with E-state index in [9.17, 15) is 0 Å². The zero-order chi connectivity index (χ0) is 22.3. The van der Waals surface area contributed by atoms with Gasteiger partial charge in [0.25, 0.3) is 0 Å². The van der Waals surface area contributed by atoms with Gasteiger partial charge in [0.2, 0.25) is 0 Å². The summed E-state index contributed by atoms with van der Waals surface area (Å²) < 4.78 is 0. The third-order valence-corrected chi connectivity index (χ3v) is 5.67. The second kappa shape index (κ2) is 9.84. The molecule has 1 heteroatoms. The molecule has 5 rings (SSSR count). The van der Waals surface area contributed by atoms with Gasteiger partial charge in [-0.1, -0.05) is 115 Å². The first-order valence-corrected chi connectivity index (χ1v) is 11.2. The molecule has 0 spiro atoms. The summed E-state index contributed by atoms with van der Waals surface area (Å²) in [6.45, 7) is 0. The molecule has 0 saturated carbocycles. The zero-order valence-electron chi connectivity index (χ0n) is 18.4. The van der Waals surface area contributed by atoms with Crippen LogP contribution in [0.1, 0.15) is 11.1 Å². The lowest BCUT2D eigenvalue weighted by Gasteiger charge is -2.25. The van der Waals surface area contributed by atoms with Crippen LogP contribution in [0.4, 0.5) is 17.1 Å². The Morgan fingerprint density at radius 2 is 0.697 bits per heavy atom. The molecule has 0 atom stereocenters. The molecular weight excluding hydrogens is 398 g/mol. The topological polar surface area (TPSA) is 3.24 Å². The predicted molar refractivity (Wildman–Crippen MR) is 142 cm³/mol. The molecule has 0 bridgehead atoms. The van der Waals surface area contributed by atoms with E-state index in [0.29, 0.717) is 0 Å². The first-order chi connectivity index (χ1) is 16.4. The highest BCUT2D eigenvalue weighted by Crippen LogP contribution is 2.34. The molecule has 0 heterocycles. The van der Waals surface area contributed by atoms with E-state index in [2.05, 4.69) is 138 Å². The molecule has 0 aliphatic heterocycles. The first kappa shape index (κ1) is 20.5. The van der Waals surface area contributed by atoms with E-state index in [4.69, 9.17) is 0 Å². The van der Waals surface area contributed by atoms with Crippen molar-refractivity contribution in [2.45, 2.75) is 0 Å². The molecule has 5 aromatic carbocycles. The van der Waals surface area contributed by atoms with Crippen LogP contribution < -0.4 is 4.90 Å². The maximum atomic E-state index is 2.27. The van der Waals surface area contributed by atoms with Crippen molar-refractivity contribution in [3.8, 4) is 11.1 Å². The molecule has 0 fully saturated rings. The van der Waals surface area contributed by atoms with Crippen LogP contribution in [-0.2, 0) is 0 Å². The number of hydrogen-bond acceptors (Lipinski definition) is 1. The third kappa shape index (κ3) is 4.94. The Hall–Kier alpha value is -4.36. The Morgan fingerprint density at radius 3 is 1.18 bits per heavy atom. The minimum absolute atomic E-state index is 1.14. The molecule has 0 unspecified atom stereocenters. The second-order valence-corrected chi connectivity index (χ2v) is 7.92. The van der Waals surface area contributed by atoms with E-state index < -0.39 is 0 Å². The molecule has 0 aromatic heterocycles. The molecule has 5 aromatic rings. The molecule has 1 nitrogen and oxygen atoms in total. The van der Waals surface area contributed by atoms with Gasteiger partial charge in [-0.3, -0.25) is 0 Å². The Labute approximate surface area is 195 Å². The number of anilines is 3. The van der Waals surface area contributed by atoms with Crippen LogP contribution in [0.25, 0.3) is 23.3 Å². The molecule has 0 N–H and O–H groups in total. The van der Waals surface area contributed by atoms with Crippen molar-refractivity contribution in [2.24, 2.45) is 0 Å². The second-order valence-electron chi connectivity index (χ2n) is 7.92. The Bertz CT molecular complexity index is 1270. The summed E-state index contributed by atoms with van der Waals surface area (Å²) in [7, 11) is 0. The van der Waals surface area contributed by atoms with Crippen LogP contribution in [0.3, 0.4) is 0 Å². The van der Waals surface area contributed by atoms with Crippen LogP contribution >= 0.6 is 0 Å². The molecule has 158 valence electrons. The molecule has 0 aliphatic rings. The predicted octanol–water partition coefficient (Wildman–Crippen LogP) is 8.99. The first-order valence-electron chi connectivity index (χ1n) is 11.2. The lowest BCUT2D eigenvalue weighted by Crippen LogP contribution is -2.09. The van der Waals surface area contributed by atoms with Gasteiger partial charge in [0, 0.05) is 17.1 Å². The fraction of sp³-hybridized carbons (Fsp3) is 0. The minimum Gasteiger partial charge on any atom is -0.311 e. The maximum absolute atomic E-state index is 2.27. The van der Waals surface area contributed by atoms with Crippen LogP contribution in [0.2, 0.25) is 0 Å². The SMILES string of the molecule is C(=C\c1ccc(N(c2ccccc2)c2ccccc2)cc1)/c1ccc(-c2ccccc2)cc1.